The number of benzene rings is 1. The van der Waals surface area contributed by atoms with Gasteiger partial charge in [-0.15, -0.1) is 12.6 Å². The van der Waals surface area contributed by atoms with Crippen molar-refractivity contribution in [3.63, 3.8) is 0 Å². The highest BCUT2D eigenvalue weighted by molar-refractivity contribution is 7.80. The molecule has 1 nitrogen and oxygen atoms in total. The minimum atomic E-state index is 0.202. The van der Waals surface area contributed by atoms with Gasteiger partial charge in [0.05, 0.1) is 6.61 Å². The van der Waals surface area contributed by atoms with Gasteiger partial charge in [-0.3, -0.25) is 0 Å². The molecular weight excluding hydrogens is 192 g/mol. The molecule has 0 spiro atoms. The first kappa shape index (κ1) is 11.4. The molecule has 1 aromatic rings. The first-order valence-electron chi connectivity index (χ1n) is 4.81. The van der Waals surface area contributed by atoms with Crippen LogP contribution in [-0.4, -0.2) is 6.61 Å². The Morgan fingerprint density at radius 3 is 2.43 bits per heavy atom. The normalized spacial score (nSPS) is 11.5. The lowest BCUT2D eigenvalue weighted by Gasteiger charge is -2.19. The van der Waals surface area contributed by atoms with E-state index in [4.69, 9.17) is 4.74 Å². The van der Waals surface area contributed by atoms with Gasteiger partial charge in [-0.25, -0.2) is 0 Å². The second kappa shape index (κ2) is 4.26. The highest BCUT2D eigenvalue weighted by atomic mass is 32.1. The summed E-state index contributed by atoms with van der Waals surface area (Å²) in [5, 5.41) is 0. The zero-order valence-corrected chi connectivity index (χ0v) is 10.2. The molecule has 0 aromatic heterocycles. The van der Waals surface area contributed by atoms with Crippen molar-refractivity contribution in [1.82, 2.24) is 0 Å². The van der Waals surface area contributed by atoms with Crippen LogP contribution in [0.3, 0.4) is 0 Å². The molecule has 0 aliphatic carbocycles. The van der Waals surface area contributed by atoms with E-state index in [0.29, 0.717) is 0 Å². The molecule has 0 fully saturated rings. The van der Waals surface area contributed by atoms with Crippen LogP contribution in [0.1, 0.15) is 26.3 Å². The van der Waals surface area contributed by atoms with Crippen molar-refractivity contribution >= 4 is 12.6 Å². The van der Waals surface area contributed by atoms with Crippen molar-refractivity contribution in [2.24, 2.45) is 5.41 Å². The van der Waals surface area contributed by atoms with Gasteiger partial charge in [-0.1, -0.05) is 20.8 Å². The van der Waals surface area contributed by atoms with E-state index in [-0.39, 0.29) is 5.41 Å². The van der Waals surface area contributed by atoms with Crippen LogP contribution in [0, 0.1) is 12.3 Å². The van der Waals surface area contributed by atoms with Crippen molar-refractivity contribution in [3.8, 4) is 5.75 Å². The fourth-order valence-corrected chi connectivity index (χ4v) is 1.16. The molecule has 0 radical (unpaired) electrons. The Balaban J connectivity index is 2.65. The number of rotatable bonds is 2. The van der Waals surface area contributed by atoms with E-state index >= 15 is 0 Å². The van der Waals surface area contributed by atoms with E-state index < -0.39 is 0 Å². The van der Waals surface area contributed by atoms with Crippen LogP contribution in [0.2, 0.25) is 0 Å². The summed E-state index contributed by atoms with van der Waals surface area (Å²) in [6.45, 7) is 9.25. The van der Waals surface area contributed by atoms with Gasteiger partial charge in [0.15, 0.2) is 0 Å². The Morgan fingerprint density at radius 1 is 1.29 bits per heavy atom. The summed E-state index contributed by atoms with van der Waals surface area (Å²) in [6.07, 6.45) is 0. The second-order valence-electron chi connectivity index (χ2n) is 4.80. The number of thiol groups is 1. The largest absolute Gasteiger partial charge is 0.493 e. The number of hydrogen-bond acceptors (Lipinski definition) is 2. The van der Waals surface area contributed by atoms with Gasteiger partial charge in [-0.2, -0.15) is 0 Å². The second-order valence-corrected chi connectivity index (χ2v) is 5.28. The number of hydrogen-bond donors (Lipinski definition) is 1. The molecule has 0 bridgehead atoms. The molecule has 0 unspecified atom stereocenters. The van der Waals surface area contributed by atoms with Crippen LogP contribution in [-0.2, 0) is 0 Å². The minimum absolute atomic E-state index is 0.202. The van der Waals surface area contributed by atoms with Crippen molar-refractivity contribution in [2.45, 2.75) is 32.6 Å². The van der Waals surface area contributed by atoms with E-state index in [0.717, 1.165) is 22.8 Å². The van der Waals surface area contributed by atoms with Crippen LogP contribution in [0.15, 0.2) is 23.1 Å². The van der Waals surface area contributed by atoms with Crippen LogP contribution in [0.25, 0.3) is 0 Å². The molecule has 0 aliphatic rings. The molecule has 0 saturated heterocycles. The van der Waals surface area contributed by atoms with Crippen LogP contribution in [0.5, 0.6) is 5.75 Å². The Kier molecular flexibility index (Phi) is 3.48. The molecule has 1 rings (SSSR count). The first-order chi connectivity index (χ1) is 6.38. The molecule has 1 aromatic carbocycles. The fraction of sp³-hybridized carbons (Fsp3) is 0.500. The monoisotopic (exact) mass is 210 g/mol. The average molecular weight is 210 g/mol. The van der Waals surface area contributed by atoms with Crippen LogP contribution >= 0.6 is 12.6 Å². The zero-order chi connectivity index (χ0) is 10.8. The molecule has 0 saturated carbocycles. The highest BCUT2D eigenvalue weighted by Crippen LogP contribution is 2.22. The van der Waals surface area contributed by atoms with E-state index in [1.807, 2.05) is 25.1 Å². The molecular formula is C12H18OS. The standard InChI is InChI=1S/C12H18OS/c1-9-7-10(5-6-11(9)14)13-8-12(2,3)4/h5-7,14H,8H2,1-4H3. The SMILES string of the molecule is Cc1cc(OCC(C)(C)C)ccc1S. The molecule has 0 heterocycles. The smallest absolute Gasteiger partial charge is 0.119 e. The van der Waals surface area contributed by atoms with E-state index in [2.05, 4.69) is 33.4 Å². The minimum Gasteiger partial charge on any atom is -0.493 e. The molecule has 0 atom stereocenters. The molecule has 0 N–H and O–H groups in total. The van der Waals surface area contributed by atoms with Gasteiger partial charge in [-0.05, 0) is 36.1 Å². The maximum Gasteiger partial charge on any atom is 0.119 e. The van der Waals surface area contributed by atoms with Crippen LogP contribution < -0.4 is 4.74 Å². The zero-order valence-electron chi connectivity index (χ0n) is 9.29. The van der Waals surface area contributed by atoms with Crippen molar-refractivity contribution in [3.05, 3.63) is 23.8 Å². The highest BCUT2D eigenvalue weighted by Gasteiger charge is 2.11. The van der Waals surface area contributed by atoms with Gasteiger partial charge in [0.1, 0.15) is 5.75 Å². The van der Waals surface area contributed by atoms with Crippen LogP contribution in [0.4, 0.5) is 0 Å². The predicted octanol–water partition coefficient (Wildman–Crippen LogP) is 3.71. The van der Waals surface area contributed by atoms with Gasteiger partial charge >= 0.3 is 0 Å². The Labute approximate surface area is 91.9 Å². The summed E-state index contributed by atoms with van der Waals surface area (Å²) in [6, 6.07) is 5.95. The number of ether oxygens (including phenoxy) is 1. The summed E-state index contributed by atoms with van der Waals surface area (Å²) >= 11 is 4.31. The lowest BCUT2D eigenvalue weighted by Crippen LogP contribution is -2.16. The summed E-state index contributed by atoms with van der Waals surface area (Å²) in [5.74, 6) is 0.926. The quantitative estimate of drug-likeness (QED) is 0.732. The summed E-state index contributed by atoms with van der Waals surface area (Å²) in [7, 11) is 0. The molecule has 2 heteroatoms. The fourth-order valence-electron chi connectivity index (χ4n) is 1.02. The average Bonchev–Trinajstić information content (AvgIpc) is 2.06. The lowest BCUT2D eigenvalue weighted by molar-refractivity contribution is 0.197. The Bertz CT molecular complexity index is 313. The molecule has 0 aliphatic heterocycles. The van der Waals surface area contributed by atoms with Gasteiger partial charge < -0.3 is 4.74 Å². The predicted molar refractivity (Wildman–Crippen MR) is 63.4 cm³/mol. The number of aryl methyl sites for hydroxylation is 1. The first-order valence-corrected chi connectivity index (χ1v) is 5.26. The third-order valence-corrected chi connectivity index (χ3v) is 2.34. The third-order valence-electron chi connectivity index (χ3n) is 1.84. The van der Waals surface area contributed by atoms with E-state index in [1.54, 1.807) is 0 Å². The van der Waals surface area contributed by atoms with E-state index in [1.165, 1.54) is 0 Å². The topological polar surface area (TPSA) is 9.23 Å². The van der Waals surface area contributed by atoms with Crippen molar-refractivity contribution in [2.75, 3.05) is 6.61 Å². The van der Waals surface area contributed by atoms with Crippen molar-refractivity contribution < 1.29 is 4.74 Å². The van der Waals surface area contributed by atoms with Gasteiger partial charge in [0.2, 0.25) is 0 Å². The maximum absolute atomic E-state index is 5.67. The molecule has 78 valence electrons. The van der Waals surface area contributed by atoms with E-state index in [9.17, 15) is 0 Å². The summed E-state index contributed by atoms with van der Waals surface area (Å²) < 4.78 is 5.67. The van der Waals surface area contributed by atoms with Crippen molar-refractivity contribution in [1.29, 1.82) is 0 Å². The Hall–Kier alpha value is -0.630. The van der Waals surface area contributed by atoms with Gasteiger partial charge in [0.25, 0.3) is 0 Å². The Morgan fingerprint density at radius 2 is 1.93 bits per heavy atom. The molecule has 0 amide bonds. The van der Waals surface area contributed by atoms with Gasteiger partial charge in [0, 0.05) is 4.90 Å². The lowest BCUT2D eigenvalue weighted by atomic mass is 9.99. The maximum atomic E-state index is 5.67. The summed E-state index contributed by atoms with van der Waals surface area (Å²) in [4.78, 5) is 1.01. The third kappa shape index (κ3) is 3.62. The molecule has 14 heavy (non-hydrogen) atoms. The summed E-state index contributed by atoms with van der Waals surface area (Å²) in [5.41, 5.74) is 1.35.